The van der Waals surface area contributed by atoms with E-state index in [4.69, 9.17) is 9.47 Å². The minimum absolute atomic E-state index is 0.0539. The van der Waals surface area contributed by atoms with E-state index in [-0.39, 0.29) is 11.7 Å². The smallest absolute Gasteiger partial charge is 0.155 e. The summed E-state index contributed by atoms with van der Waals surface area (Å²) >= 11 is 0. The second kappa shape index (κ2) is 4.19. The van der Waals surface area contributed by atoms with Crippen molar-refractivity contribution in [1.29, 1.82) is 0 Å². The number of hydrogen-bond donors (Lipinski definition) is 0. The zero-order valence-corrected chi connectivity index (χ0v) is 10.3. The Kier molecular flexibility index (Phi) is 3.59. The largest absolute Gasteiger partial charge is 0.350 e. The Morgan fingerprint density at radius 3 is 2.14 bits per heavy atom. The highest BCUT2D eigenvalue weighted by atomic mass is 16.7. The molecule has 0 saturated carbocycles. The molecule has 1 aliphatic heterocycles. The lowest BCUT2D eigenvalue weighted by molar-refractivity contribution is -0.256. The van der Waals surface area contributed by atoms with E-state index < -0.39 is 0 Å². The van der Waals surface area contributed by atoms with Gasteiger partial charge < -0.3 is 9.47 Å². The van der Waals surface area contributed by atoms with Gasteiger partial charge in [-0.3, -0.25) is 0 Å². The van der Waals surface area contributed by atoms with E-state index in [1.165, 1.54) is 0 Å². The molecule has 1 fully saturated rings. The summed E-state index contributed by atoms with van der Waals surface area (Å²) in [6.07, 6.45) is 1.60. The average Bonchev–Trinajstić information content (AvgIpc) is 2.01. The van der Waals surface area contributed by atoms with Crippen molar-refractivity contribution in [2.24, 2.45) is 11.3 Å². The molecule has 0 amide bonds. The van der Waals surface area contributed by atoms with Crippen molar-refractivity contribution in [2.45, 2.75) is 66.5 Å². The van der Waals surface area contributed by atoms with E-state index in [0.29, 0.717) is 18.1 Å². The molecule has 2 heteroatoms. The molecule has 1 aliphatic rings. The molecule has 1 heterocycles. The zero-order chi connectivity index (χ0) is 10.9. The number of ether oxygens (including phenoxy) is 2. The van der Waals surface area contributed by atoms with E-state index in [2.05, 4.69) is 34.6 Å². The topological polar surface area (TPSA) is 18.5 Å². The van der Waals surface area contributed by atoms with Gasteiger partial charge in [0.15, 0.2) is 6.29 Å². The first-order valence-corrected chi connectivity index (χ1v) is 5.65. The zero-order valence-electron chi connectivity index (χ0n) is 10.3. The molecule has 84 valence electrons. The quantitative estimate of drug-likeness (QED) is 0.681. The third-order valence-corrected chi connectivity index (χ3v) is 3.64. The minimum atomic E-state index is -0.0539. The van der Waals surface area contributed by atoms with Gasteiger partial charge in [0.25, 0.3) is 0 Å². The van der Waals surface area contributed by atoms with Crippen LogP contribution in [0.25, 0.3) is 0 Å². The summed E-state index contributed by atoms with van der Waals surface area (Å²) in [5.74, 6) is 0.630. The van der Waals surface area contributed by atoms with Crippen LogP contribution < -0.4 is 0 Å². The van der Waals surface area contributed by atoms with Gasteiger partial charge in [0.1, 0.15) is 0 Å². The lowest BCUT2D eigenvalue weighted by Crippen LogP contribution is -2.45. The number of hydrogen-bond acceptors (Lipinski definition) is 2. The summed E-state index contributed by atoms with van der Waals surface area (Å²) in [7, 11) is 0. The van der Waals surface area contributed by atoms with Crippen molar-refractivity contribution in [3.63, 3.8) is 0 Å². The molecule has 0 radical (unpaired) electrons. The third-order valence-electron chi connectivity index (χ3n) is 3.64. The monoisotopic (exact) mass is 200 g/mol. The average molecular weight is 200 g/mol. The van der Waals surface area contributed by atoms with Crippen molar-refractivity contribution >= 4 is 0 Å². The van der Waals surface area contributed by atoms with E-state index >= 15 is 0 Å². The fourth-order valence-corrected chi connectivity index (χ4v) is 1.85. The Morgan fingerprint density at radius 2 is 1.71 bits per heavy atom. The molecule has 0 spiro atoms. The molecule has 3 unspecified atom stereocenters. The fraction of sp³-hybridized carbons (Fsp3) is 1.00. The molecule has 0 aromatic carbocycles. The predicted octanol–water partition coefficient (Wildman–Crippen LogP) is 3.21. The normalized spacial score (nSPS) is 34.9. The Hall–Kier alpha value is -0.0800. The summed E-state index contributed by atoms with van der Waals surface area (Å²) in [6.45, 7) is 13.2. The van der Waals surface area contributed by atoms with Gasteiger partial charge in [-0.2, -0.15) is 0 Å². The van der Waals surface area contributed by atoms with Crippen LogP contribution in [0.2, 0.25) is 0 Å². The van der Waals surface area contributed by atoms with Gasteiger partial charge in [-0.25, -0.2) is 0 Å². The van der Waals surface area contributed by atoms with Crippen LogP contribution in [-0.2, 0) is 9.47 Å². The second-order valence-corrected chi connectivity index (χ2v) is 5.35. The first-order chi connectivity index (χ1) is 6.34. The van der Waals surface area contributed by atoms with Crippen LogP contribution in [-0.4, -0.2) is 18.5 Å². The maximum atomic E-state index is 5.86. The van der Waals surface area contributed by atoms with Gasteiger partial charge in [-0.1, -0.05) is 27.7 Å². The van der Waals surface area contributed by atoms with E-state index in [9.17, 15) is 0 Å². The first-order valence-electron chi connectivity index (χ1n) is 5.65. The van der Waals surface area contributed by atoms with Crippen molar-refractivity contribution in [3.8, 4) is 0 Å². The molecule has 14 heavy (non-hydrogen) atoms. The predicted molar refractivity (Wildman–Crippen MR) is 58.1 cm³/mol. The Labute approximate surface area is 88.0 Å². The summed E-state index contributed by atoms with van der Waals surface area (Å²) < 4.78 is 11.4. The van der Waals surface area contributed by atoms with Crippen molar-refractivity contribution in [3.05, 3.63) is 0 Å². The van der Waals surface area contributed by atoms with Crippen molar-refractivity contribution in [2.75, 3.05) is 0 Å². The van der Waals surface area contributed by atoms with Gasteiger partial charge in [-0.15, -0.1) is 0 Å². The lowest BCUT2D eigenvalue weighted by Gasteiger charge is -2.43. The molecule has 3 atom stereocenters. The van der Waals surface area contributed by atoms with Gasteiger partial charge in [0, 0.05) is 6.42 Å². The molecule has 1 saturated heterocycles. The molecule has 0 aromatic rings. The minimum Gasteiger partial charge on any atom is -0.350 e. The van der Waals surface area contributed by atoms with E-state index in [1.54, 1.807) is 0 Å². The van der Waals surface area contributed by atoms with Crippen LogP contribution >= 0.6 is 0 Å². The highest BCUT2D eigenvalue weighted by Crippen LogP contribution is 2.37. The van der Waals surface area contributed by atoms with Gasteiger partial charge in [0.05, 0.1) is 12.2 Å². The number of rotatable bonds is 2. The van der Waals surface area contributed by atoms with Crippen molar-refractivity contribution in [1.82, 2.24) is 0 Å². The summed E-state index contributed by atoms with van der Waals surface area (Å²) in [4.78, 5) is 0. The summed E-state index contributed by atoms with van der Waals surface area (Å²) in [6, 6.07) is 0. The third kappa shape index (κ3) is 2.48. The van der Waals surface area contributed by atoms with Crippen LogP contribution in [0.3, 0.4) is 0 Å². The molecule has 0 N–H and O–H groups in total. The lowest BCUT2D eigenvalue weighted by atomic mass is 9.74. The maximum absolute atomic E-state index is 5.86. The first kappa shape index (κ1) is 12.0. The van der Waals surface area contributed by atoms with Gasteiger partial charge in [-0.05, 0) is 25.2 Å². The molecule has 0 bridgehead atoms. The van der Waals surface area contributed by atoms with Crippen LogP contribution in [0.1, 0.15) is 48.0 Å². The highest BCUT2D eigenvalue weighted by Gasteiger charge is 2.38. The SMILES string of the molecule is CC1CC(C(C)(C)C(C)C)OC(C)O1. The molecule has 1 rings (SSSR count). The van der Waals surface area contributed by atoms with Crippen LogP contribution in [0, 0.1) is 11.3 Å². The fourth-order valence-electron chi connectivity index (χ4n) is 1.85. The Morgan fingerprint density at radius 1 is 1.14 bits per heavy atom. The second-order valence-electron chi connectivity index (χ2n) is 5.35. The Balaban J connectivity index is 2.67. The van der Waals surface area contributed by atoms with Crippen molar-refractivity contribution < 1.29 is 9.47 Å². The van der Waals surface area contributed by atoms with E-state index in [1.807, 2.05) is 6.92 Å². The molecular weight excluding hydrogens is 176 g/mol. The molecular formula is C12H24O2. The molecule has 0 aliphatic carbocycles. The van der Waals surface area contributed by atoms with Crippen LogP contribution in [0.4, 0.5) is 0 Å². The highest BCUT2D eigenvalue weighted by molar-refractivity contribution is 4.85. The summed E-state index contributed by atoms with van der Waals surface area (Å²) in [5, 5.41) is 0. The standard InChI is InChI=1S/C12H24O2/c1-8(2)12(5,6)11-7-9(3)13-10(4)14-11/h8-11H,7H2,1-6H3. The van der Waals surface area contributed by atoms with Crippen LogP contribution in [0.5, 0.6) is 0 Å². The van der Waals surface area contributed by atoms with Crippen LogP contribution in [0.15, 0.2) is 0 Å². The maximum Gasteiger partial charge on any atom is 0.155 e. The molecule has 0 aromatic heterocycles. The van der Waals surface area contributed by atoms with Gasteiger partial charge in [0.2, 0.25) is 0 Å². The van der Waals surface area contributed by atoms with E-state index in [0.717, 1.165) is 6.42 Å². The van der Waals surface area contributed by atoms with Gasteiger partial charge >= 0.3 is 0 Å². The summed E-state index contributed by atoms with van der Waals surface area (Å²) in [5.41, 5.74) is 0.228. The molecule has 2 nitrogen and oxygen atoms in total. The Bertz CT molecular complexity index is 177.